The highest BCUT2D eigenvalue weighted by Crippen LogP contribution is 2.48. The van der Waals surface area contributed by atoms with Gasteiger partial charge in [0.05, 0.1) is 12.7 Å². The minimum absolute atomic E-state index is 0.149. The molecular weight excluding hydrogens is 367 g/mol. The van der Waals surface area contributed by atoms with Crippen LogP contribution in [0.2, 0.25) is 0 Å². The molecule has 0 saturated carbocycles. The smallest absolute Gasteiger partial charge is 0.323 e. The first-order chi connectivity index (χ1) is 12.3. The van der Waals surface area contributed by atoms with Gasteiger partial charge in [0, 0.05) is 0 Å². The maximum Gasteiger partial charge on any atom is 0.323 e. The first-order valence-electron chi connectivity index (χ1n) is 9.89. The van der Waals surface area contributed by atoms with Crippen LogP contribution in [-0.2, 0) is 23.6 Å². The lowest BCUT2D eigenvalue weighted by molar-refractivity contribution is -0.150. The van der Waals surface area contributed by atoms with E-state index in [0.29, 0.717) is 6.42 Å². The van der Waals surface area contributed by atoms with Gasteiger partial charge in [0.15, 0.2) is 0 Å². The Bertz CT molecular complexity index is 520. The predicted molar refractivity (Wildman–Crippen MR) is 109 cm³/mol. The van der Waals surface area contributed by atoms with Crippen molar-refractivity contribution in [3.8, 4) is 0 Å². The highest BCUT2D eigenvalue weighted by atomic mass is 31.2. The Morgan fingerprint density at radius 1 is 1.11 bits per heavy atom. The largest absolute Gasteiger partial charge is 0.465 e. The van der Waals surface area contributed by atoms with Crippen LogP contribution in [0.3, 0.4) is 0 Å². The van der Waals surface area contributed by atoms with Gasteiger partial charge in [-0.25, -0.2) is 5.09 Å². The van der Waals surface area contributed by atoms with Crippen molar-refractivity contribution in [3.63, 3.8) is 0 Å². The van der Waals surface area contributed by atoms with E-state index >= 15 is 0 Å². The van der Waals surface area contributed by atoms with E-state index in [2.05, 4.69) is 12.0 Å². The van der Waals surface area contributed by atoms with Crippen molar-refractivity contribution in [1.29, 1.82) is 0 Å². The van der Waals surface area contributed by atoms with Crippen molar-refractivity contribution in [1.82, 2.24) is 5.09 Å². The monoisotopic (exact) mass is 406 g/mol. The van der Waals surface area contributed by atoms with E-state index in [4.69, 9.17) is 15.0 Å². The fraction of sp³-hybridized carbons (Fsp3) is 0.895. The Labute approximate surface area is 164 Å². The number of esters is 2. The molecule has 8 heteroatoms. The van der Waals surface area contributed by atoms with Gasteiger partial charge >= 0.3 is 11.9 Å². The normalized spacial score (nSPS) is 15.5. The summed E-state index contributed by atoms with van der Waals surface area (Å²) >= 11 is 0. The Morgan fingerprint density at radius 3 is 2.19 bits per heavy atom. The van der Waals surface area contributed by atoms with Gasteiger partial charge in [-0.2, -0.15) is 0 Å². The van der Waals surface area contributed by atoms with Gasteiger partial charge in [0.1, 0.15) is 11.2 Å². The fourth-order valence-corrected chi connectivity index (χ4v) is 3.72. The van der Waals surface area contributed by atoms with Crippen LogP contribution in [0, 0.1) is 5.92 Å². The summed E-state index contributed by atoms with van der Waals surface area (Å²) in [5.74, 6) is -0.998. The molecule has 0 bridgehead atoms. The van der Waals surface area contributed by atoms with Crippen LogP contribution in [0.15, 0.2) is 0 Å². The average Bonchev–Trinajstić information content (AvgIpc) is 2.52. The molecule has 0 aromatic carbocycles. The van der Waals surface area contributed by atoms with E-state index in [1.165, 1.54) is 13.8 Å². The molecule has 7 nitrogen and oxygen atoms in total. The number of unbranched alkanes of at least 4 members (excludes halogenated alkanes) is 3. The molecule has 3 N–H and O–H groups in total. The molecule has 0 rings (SSSR count). The van der Waals surface area contributed by atoms with Crippen molar-refractivity contribution in [2.24, 2.45) is 11.4 Å². The molecule has 0 aliphatic heterocycles. The van der Waals surface area contributed by atoms with Gasteiger partial charge in [0.2, 0.25) is 7.44 Å². The molecule has 0 aromatic heterocycles. The Balaban J connectivity index is 5.08. The predicted octanol–water partition coefficient (Wildman–Crippen LogP) is 4.00. The third-order valence-corrected chi connectivity index (χ3v) is 6.79. The summed E-state index contributed by atoms with van der Waals surface area (Å²) in [5.41, 5.74) is 6.03. The van der Waals surface area contributed by atoms with E-state index in [1.54, 1.807) is 13.8 Å². The molecule has 0 saturated heterocycles. The Morgan fingerprint density at radius 2 is 1.70 bits per heavy atom. The molecule has 2 unspecified atom stereocenters. The molecule has 0 heterocycles. The molecule has 0 fully saturated rings. The average molecular weight is 407 g/mol. The van der Waals surface area contributed by atoms with Gasteiger partial charge in [0.25, 0.3) is 0 Å². The van der Waals surface area contributed by atoms with Gasteiger partial charge in [-0.15, -0.1) is 0 Å². The van der Waals surface area contributed by atoms with Crippen LogP contribution in [0.5, 0.6) is 0 Å². The van der Waals surface area contributed by atoms with Gasteiger partial charge in [-0.05, 0) is 46.5 Å². The summed E-state index contributed by atoms with van der Waals surface area (Å²) in [5, 5.41) is 1.27. The first-order valence-corrected chi connectivity index (χ1v) is 11.7. The lowest BCUT2D eigenvalue weighted by Gasteiger charge is -2.33. The van der Waals surface area contributed by atoms with E-state index in [-0.39, 0.29) is 18.6 Å². The number of hydrogen-bond acceptors (Lipinski definition) is 5. The van der Waals surface area contributed by atoms with Crippen LogP contribution in [0.1, 0.15) is 80.6 Å². The number of nitrogens with one attached hydrogen (secondary N) is 1. The summed E-state index contributed by atoms with van der Waals surface area (Å²) in [6, 6.07) is -0.847. The summed E-state index contributed by atoms with van der Waals surface area (Å²) in [4.78, 5) is 24.8. The first kappa shape index (κ1) is 26.1. The lowest BCUT2D eigenvalue weighted by atomic mass is 10.0. The molecular formula is C19H39N2O5P. The molecule has 27 heavy (non-hydrogen) atoms. The van der Waals surface area contributed by atoms with Crippen molar-refractivity contribution >= 4 is 19.4 Å². The maximum absolute atomic E-state index is 13.2. The number of hydrogen-bond donors (Lipinski definition) is 2. The topological polar surface area (TPSA) is 108 Å². The molecule has 160 valence electrons. The van der Waals surface area contributed by atoms with Gasteiger partial charge in [-0.3, -0.25) is 19.7 Å². The van der Waals surface area contributed by atoms with Crippen molar-refractivity contribution in [2.75, 3.05) is 6.61 Å². The molecule has 0 aliphatic rings. The quantitative estimate of drug-likeness (QED) is 0.270. The third kappa shape index (κ3) is 9.22. The van der Waals surface area contributed by atoms with Gasteiger partial charge in [-0.1, -0.05) is 40.0 Å². The molecule has 0 amide bonds. The molecule has 0 aliphatic carbocycles. The minimum atomic E-state index is -3.75. The lowest BCUT2D eigenvalue weighted by Crippen LogP contribution is -2.47. The SMILES string of the molecule is CCCCCCOC(=O)C(C)(C)P(N)(=O)NC(CC(C)C)C(=O)OC(C)C. The number of rotatable bonds is 13. The minimum Gasteiger partial charge on any atom is -0.465 e. The number of ether oxygens (including phenoxy) is 2. The van der Waals surface area contributed by atoms with Crippen molar-refractivity contribution in [2.45, 2.75) is 97.9 Å². The fourth-order valence-electron chi connectivity index (χ4n) is 2.39. The van der Waals surface area contributed by atoms with E-state index in [9.17, 15) is 14.2 Å². The van der Waals surface area contributed by atoms with Crippen molar-refractivity contribution < 1.29 is 23.6 Å². The second-order valence-electron chi connectivity index (χ2n) is 8.21. The second-order valence-corrected chi connectivity index (χ2v) is 10.9. The van der Waals surface area contributed by atoms with Gasteiger partial charge < -0.3 is 9.47 Å². The molecule has 0 spiro atoms. The highest BCUT2D eigenvalue weighted by Gasteiger charge is 2.47. The third-order valence-electron chi connectivity index (χ3n) is 4.25. The summed E-state index contributed by atoms with van der Waals surface area (Å²) < 4.78 is 23.7. The number of carbonyl (C=O) groups excluding carboxylic acids is 2. The number of nitrogens with two attached hydrogens (primary N) is 1. The van der Waals surface area contributed by atoms with E-state index in [1.807, 2.05) is 13.8 Å². The standard InChI is InChI=1S/C19H39N2O5P/c1-8-9-10-11-12-25-18(23)19(6,7)27(20,24)21-16(13-14(2)3)17(22)26-15(4)5/h14-16H,8-13H2,1-7H3,(H3,20,21,24). The summed E-state index contributed by atoms with van der Waals surface area (Å²) in [6.07, 6.45) is 3.99. The van der Waals surface area contributed by atoms with Crippen LogP contribution in [0.25, 0.3) is 0 Å². The van der Waals surface area contributed by atoms with E-state index in [0.717, 1.165) is 25.7 Å². The van der Waals surface area contributed by atoms with Crippen LogP contribution in [0.4, 0.5) is 0 Å². The Kier molecular flexibility index (Phi) is 11.4. The molecule has 2 atom stereocenters. The van der Waals surface area contributed by atoms with Crippen molar-refractivity contribution in [3.05, 3.63) is 0 Å². The zero-order valence-corrected chi connectivity index (χ0v) is 18.9. The molecule has 0 radical (unpaired) electrons. The van der Waals surface area contributed by atoms with E-state index < -0.39 is 30.6 Å². The maximum atomic E-state index is 13.2. The van der Waals surface area contributed by atoms with Crippen LogP contribution >= 0.6 is 7.44 Å². The zero-order chi connectivity index (χ0) is 21.3. The highest BCUT2D eigenvalue weighted by molar-refractivity contribution is 7.62. The zero-order valence-electron chi connectivity index (χ0n) is 18.0. The summed E-state index contributed by atoms with van der Waals surface area (Å²) in [7, 11) is -3.75. The number of carbonyl (C=O) groups is 2. The molecule has 0 aromatic rings. The summed E-state index contributed by atoms with van der Waals surface area (Å²) in [6.45, 7) is 12.7. The second kappa shape index (κ2) is 11.8. The van der Waals surface area contributed by atoms with Crippen LogP contribution < -0.4 is 10.6 Å². The van der Waals surface area contributed by atoms with Crippen LogP contribution in [-0.4, -0.2) is 35.8 Å². The Hall–Kier alpha value is -0.910.